The van der Waals surface area contributed by atoms with Crippen LogP contribution in [-0.2, 0) is 139 Å². The van der Waals surface area contributed by atoms with E-state index < -0.39 is 320 Å². The number of nitrogens with zero attached hydrogens (tertiary/aromatic N) is 4. The SMILES string of the molecule is CC[C@H](C)[C@@H](C=O)NC(=O)[C@H](CC(=O)O)NC(=O)[C@H](Cc1cnc[nH]1)NC(=O)[C@H](CC(=O)O)NC(=O)[C@H](CCCCN)NC(=O)[C@H](Cc1ccc(O)cc1)NC(=O)[C@H](CC(=O)O)NC(=O)CNC(=O)[C@H](CC(=O)O)NC(=O)[C@H](Cc1cnc[nH]1)NC(=O)[C@H](CC(=O)O)NC(=O)[C@H](CCCCN)NC(=O)[C@H](Cc1ccc(O)cc1)NC(=O)[C@H](CC(=O)O)NC(=O)/C=C/c1c(C(F)(F)F)cc(-c2c[nH]nn2)cc1C(F)(F)F.O. The molecule has 0 aliphatic carbocycles. The van der Waals surface area contributed by atoms with Crippen LogP contribution in [0.1, 0.15) is 137 Å². The van der Waals surface area contributed by atoms with Crippen molar-refractivity contribution in [1.82, 2.24) is 110 Å². The van der Waals surface area contributed by atoms with Crippen LogP contribution < -0.4 is 85.9 Å². The van der Waals surface area contributed by atoms with Crippen molar-refractivity contribution in [3.05, 3.63) is 137 Å². The van der Waals surface area contributed by atoms with Crippen molar-refractivity contribution in [1.29, 1.82) is 0 Å². The molecule has 0 saturated heterocycles. The molecule has 3 aromatic carbocycles. The minimum absolute atomic E-state index is 0. The summed E-state index contributed by atoms with van der Waals surface area (Å²) in [7, 11) is 0. The first-order chi connectivity index (χ1) is 68.4. The second kappa shape index (κ2) is 57.9. The minimum atomic E-state index is -5.55. The van der Waals surface area contributed by atoms with Crippen LogP contribution in [0.2, 0.25) is 0 Å². The number of aromatic amines is 3. The summed E-state index contributed by atoms with van der Waals surface area (Å²) in [6.45, 7) is 1.90. The molecule has 53 nitrogen and oxygen atoms in total. The summed E-state index contributed by atoms with van der Waals surface area (Å²) in [5, 5.41) is 119. The van der Waals surface area contributed by atoms with Crippen LogP contribution >= 0.6 is 0 Å². The lowest BCUT2D eigenvalue weighted by Gasteiger charge is -2.27. The molecule has 59 heteroatoms. The molecule has 0 bridgehead atoms. The predicted octanol–water partition coefficient (Wildman–Crippen LogP) is -4.70. The molecule has 6 aromatic rings. The number of unbranched alkanes of at least 4 members (excludes halogenated alkanes) is 2. The Bertz CT molecular complexity index is 5550. The number of amides is 14. The maximum atomic E-state index is 14.7. The highest BCUT2D eigenvalue weighted by Gasteiger charge is 2.44. The number of aliphatic carboxylic acids is 6. The maximum Gasteiger partial charge on any atom is 0.417 e. The number of benzene rings is 3. The molecular weight excluding hydrogens is 1960 g/mol. The average Bonchev–Trinajstić information content (AvgIpc) is 1.04. The third-order valence-electron chi connectivity index (χ3n) is 21.5. The number of imidazole rings is 2. The summed E-state index contributed by atoms with van der Waals surface area (Å²) in [5.74, 6) is -31.7. The van der Waals surface area contributed by atoms with Gasteiger partial charge in [0.2, 0.25) is 82.7 Å². The van der Waals surface area contributed by atoms with E-state index in [0.29, 0.717) is 12.7 Å². The van der Waals surface area contributed by atoms with E-state index in [1.807, 2.05) is 16.0 Å². The Morgan fingerprint density at radius 2 is 0.733 bits per heavy atom. The molecule has 6 rings (SSSR count). The third-order valence-corrected chi connectivity index (χ3v) is 21.5. The van der Waals surface area contributed by atoms with Crippen molar-refractivity contribution in [3.8, 4) is 22.8 Å². The zero-order chi connectivity index (χ0) is 108. The van der Waals surface area contributed by atoms with Crippen molar-refractivity contribution in [3.63, 3.8) is 0 Å². The monoisotopic (exact) mass is 2070 g/mol. The fourth-order valence-corrected chi connectivity index (χ4v) is 13.9. The number of nitrogens with two attached hydrogens (primary N) is 2. The average molecular weight is 2070 g/mol. The second-order valence-electron chi connectivity index (χ2n) is 32.7. The highest BCUT2D eigenvalue weighted by atomic mass is 19.4. The van der Waals surface area contributed by atoms with Gasteiger partial charge in [0.25, 0.3) is 0 Å². The lowest BCUT2D eigenvalue weighted by atomic mass is 9.95. The van der Waals surface area contributed by atoms with Crippen LogP contribution in [0.3, 0.4) is 0 Å². The van der Waals surface area contributed by atoms with Crippen molar-refractivity contribution >= 4 is 131 Å². The first kappa shape index (κ1) is 120. The van der Waals surface area contributed by atoms with E-state index in [-0.39, 0.29) is 109 Å². The van der Waals surface area contributed by atoms with E-state index >= 15 is 0 Å². The Morgan fingerprint density at radius 1 is 0.418 bits per heavy atom. The van der Waals surface area contributed by atoms with Gasteiger partial charge >= 0.3 is 48.2 Å². The Balaban J connectivity index is 0.0000375. The molecule has 0 spiro atoms. The van der Waals surface area contributed by atoms with E-state index in [9.17, 15) is 168 Å². The van der Waals surface area contributed by atoms with Gasteiger partial charge in [-0.05, 0) is 117 Å². The summed E-state index contributed by atoms with van der Waals surface area (Å²) in [6, 6.07) is -16.0. The number of H-pyrrole nitrogens is 3. The molecule has 794 valence electrons. The number of carboxylic acid groups (broad SMARTS) is 6. The van der Waals surface area contributed by atoms with E-state index in [1.165, 1.54) is 36.8 Å². The summed E-state index contributed by atoms with van der Waals surface area (Å²) in [5.41, 5.74) is 5.12. The molecule has 3 heterocycles. The molecular formula is C87H109F6N23O30. The molecule has 14 atom stereocenters. The Hall–Kier alpha value is -16.9. The van der Waals surface area contributed by atoms with Gasteiger partial charge in [-0.1, -0.05) is 49.7 Å². The summed E-state index contributed by atoms with van der Waals surface area (Å²) >= 11 is 0. The standard InChI is InChI=1S/C87H107F6N23O29.H2O/c1-3-41(2)65(38-117)114-85(145)63(33-73(132)133)113-80(140)57(27-46-35-97-40-100-46)109-84(144)62(32-72(130)131)112-76(136)53(9-5-7-21-95)105-78(138)55(23-43-12-16-48(119)17-13-43)107-82(142)60(30-70(126)127)103-67(121)37-98-74(134)58(28-68(122)123)110-79(139)56(26-45-34-96-39-99-45)108-83(143)61(31-71(128)129)111-75(135)52(8-4-6-20-94)104-77(137)54(22-42-10-14-47(118)15-11-42)106-81(141)59(29-69(124)125)102-66(120)19-18-49-50(86(88,89)90)24-44(64-36-101-116-115-64)25-51(49)87(91,92)93;/h10-19,24-25,34-36,38-41,52-63,65,118-119H,3-9,20-23,26-33,37,94-95H2,1-2H3,(H,96,99)(H,97,100)(H,98,134)(H,102,120)(H,103,121)(H,104,137)(H,105,138)(H,106,141)(H,107,142)(H,108,143)(H,109,144)(H,110,139)(H,111,135)(H,112,136)(H,113,140)(H,114,145)(H,122,123)(H,124,125)(H,126,127)(H,128,129)(H,130,131)(H,132,133)(H,101,115,116);1H2/b19-18+;/t41-,52-,53-,54-,55-,56-,57-,58-,59-,60-,61-,62-,63-,65+;/m0./s1. The first-order valence-corrected chi connectivity index (χ1v) is 44.1. The molecule has 0 saturated carbocycles. The Kier molecular flexibility index (Phi) is 47.4. The van der Waals surface area contributed by atoms with Gasteiger partial charge in [0, 0.05) is 67.3 Å². The molecule has 14 amide bonds. The highest BCUT2D eigenvalue weighted by molar-refractivity contribution is 6.03. The van der Waals surface area contributed by atoms with Gasteiger partial charge in [0.15, 0.2) is 0 Å². The van der Waals surface area contributed by atoms with E-state index in [4.69, 9.17) is 11.5 Å². The molecule has 31 N–H and O–H groups in total. The number of hydrogen-bond donors (Lipinski definition) is 27. The third kappa shape index (κ3) is 40.2. The van der Waals surface area contributed by atoms with Crippen LogP contribution in [-0.4, -0.2) is 305 Å². The number of halogens is 6. The van der Waals surface area contributed by atoms with Gasteiger partial charge in [-0.15, -0.1) is 5.10 Å². The quantitative estimate of drug-likeness (QED) is 0.00738. The van der Waals surface area contributed by atoms with E-state index in [0.717, 1.165) is 43.0 Å². The normalized spacial score (nSPS) is 14.2. The molecule has 0 aliphatic heterocycles. The Labute approximate surface area is 821 Å². The molecule has 0 radical (unpaired) electrons. The van der Waals surface area contributed by atoms with Crippen LogP contribution in [0.25, 0.3) is 17.3 Å². The number of rotatable bonds is 61. The fourth-order valence-electron chi connectivity index (χ4n) is 13.9. The lowest BCUT2D eigenvalue weighted by molar-refractivity contribution is -0.144. The molecule has 0 fully saturated rings. The number of nitrogens with one attached hydrogen (secondary N) is 17. The van der Waals surface area contributed by atoms with Crippen molar-refractivity contribution in [2.45, 2.75) is 214 Å². The van der Waals surface area contributed by atoms with Crippen LogP contribution in [0.15, 0.2) is 98.0 Å². The Morgan fingerprint density at radius 3 is 1.05 bits per heavy atom. The van der Waals surface area contributed by atoms with Crippen molar-refractivity contribution < 1.29 is 173 Å². The van der Waals surface area contributed by atoms with Gasteiger partial charge in [0.05, 0.1) is 74.9 Å². The lowest BCUT2D eigenvalue weighted by Crippen LogP contribution is -2.61. The van der Waals surface area contributed by atoms with Crippen LogP contribution in [0.5, 0.6) is 11.5 Å². The fraction of sp³-hybridized carbons (Fsp3) is 0.437. The largest absolute Gasteiger partial charge is 0.508 e. The van der Waals surface area contributed by atoms with Crippen molar-refractivity contribution in [2.75, 3.05) is 19.6 Å². The second-order valence-corrected chi connectivity index (χ2v) is 32.7. The number of hydrogen-bond acceptors (Lipinski definition) is 29. The smallest absolute Gasteiger partial charge is 0.417 e. The molecule has 0 unspecified atom stereocenters. The van der Waals surface area contributed by atoms with Gasteiger partial charge in [0.1, 0.15) is 96.0 Å². The first-order valence-electron chi connectivity index (χ1n) is 44.1. The topological polar surface area (TPSA) is 871 Å². The molecule has 146 heavy (non-hydrogen) atoms. The highest BCUT2D eigenvalue weighted by Crippen LogP contribution is 2.43. The molecule has 0 aliphatic rings. The van der Waals surface area contributed by atoms with Gasteiger partial charge in [-0.2, -0.15) is 26.3 Å². The zero-order valence-corrected chi connectivity index (χ0v) is 77.5. The number of aromatic nitrogens is 7. The minimum Gasteiger partial charge on any atom is -0.508 e. The molecule has 3 aromatic heterocycles. The van der Waals surface area contributed by atoms with Crippen molar-refractivity contribution in [2.24, 2.45) is 17.4 Å². The van der Waals surface area contributed by atoms with E-state index in [2.05, 4.69) is 93.8 Å². The van der Waals surface area contributed by atoms with E-state index in [1.54, 1.807) is 13.8 Å². The number of carbonyl (C=O) groups excluding carboxylic acids is 15. The number of aromatic hydroxyl groups is 2. The summed E-state index contributed by atoms with van der Waals surface area (Å²) < 4.78 is 87.2. The van der Waals surface area contributed by atoms with Crippen LogP contribution in [0, 0.1) is 5.92 Å². The number of carbonyl (C=O) groups is 21. The zero-order valence-electron chi connectivity index (χ0n) is 77.5. The number of carboxylic acids is 6. The number of aldehydes is 1. The number of phenolic OH excluding ortho intramolecular Hbond substituents is 2. The number of phenols is 2. The summed E-state index contributed by atoms with van der Waals surface area (Å²) in [6.07, 6.45) is -15.6. The predicted molar refractivity (Wildman–Crippen MR) is 486 cm³/mol. The summed E-state index contributed by atoms with van der Waals surface area (Å²) in [4.78, 5) is 298. The van der Waals surface area contributed by atoms with Gasteiger partial charge in [-0.3, -0.25) is 101 Å². The van der Waals surface area contributed by atoms with Gasteiger partial charge < -0.3 is 147 Å². The van der Waals surface area contributed by atoms with Crippen LogP contribution in [0.4, 0.5) is 26.3 Å². The van der Waals surface area contributed by atoms with Gasteiger partial charge in [-0.25, -0.2) is 9.97 Å². The number of alkyl halides is 6. The maximum absolute atomic E-state index is 14.7.